The van der Waals surface area contributed by atoms with Crippen LogP contribution in [0.3, 0.4) is 0 Å². The van der Waals surface area contributed by atoms with Crippen LogP contribution in [0.15, 0.2) is 46.0 Å². The van der Waals surface area contributed by atoms with E-state index < -0.39 is 5.92 Å². The van der Waals surface area contributed by atoms with Crippen molar-refractivity contribution >= 4 is 62.1 Å². The molecule has 0 spiro atoms. The first-order chi connectivity index (χ1) is 9.63. The Morgan fingerprint density at radius 3 is 2.85 bits per heavy atom. The average Bonchev–Trinajstić information content (AvgIpc) is 2.73. The van der Waals surface area contributed by atoms with E-state index in [2.05, 4.69) is 53.8 Å². The van der Waals surface area contributed by atoms with E-state index in [0.29, 0.717) is 5.82 Å². The minimum absolute atomic E-state index is 0.0974. The van der Waals surface area contributed by atoms with Gasteiger partial charge in [0.15, 0.2) is 0 Å². The Morgan fingerprint density at radius 1 is 1.35 bits per heavy atom. The molecule has 2 heterocycles. The number of pyridine rings is 1. The SMILES string of the molecule is O=C1Nc2ncc(Br)cc2C1C=Nc1ccc(I)cc1. The number of halogens is 2. The first-order valence-corrected chi connectivity index (χ1v) is 7.77. The second-order valence-electron chi connectivity index (χ2n) is 4.31. The lowest BCUT2D eigenvalue weighted by atomic mass is 10.0. The summed E-state index contributed by atoms with van der Waals surface area (Å²) in [5.74, 6) is 0.117. The number of nitrogens with one attached hydrogen (secondary N) is 1. The number of rotatable bonds is 2. The van der Waals surface area contributed by atoms with Crippen LogP contribution in [0.4, 0.5) is 11.5 Å². The maximum absolute atomic E-state index is 12.0. The normalized spacial score (nSPS) is 17.3. The minimum Gasteiger partial charge on any atom is -0.310 e. The van der Waals surface area contributed by atoms with E-state index in [-0.39, 0.29) is 5.91 Å². The molecule has 1 aliphatic rings. The molecule has 0 fully saturated rings. The van der Waals surface area contributed by atoms with Crippen molar-refractivity contribution in [1.82, 2.24) is 4.98 Å². The zero-order valence-corrected chi connectivity index (χ0v) is 13.9. The van der Waals surface area contributed by atoms with Crippen LogP contribution in [0, 0.1) is 3.57 Å². The molecule has 1 aliphatic heterocycles. The molecule has 4 nitrogen and oxygen atoms in total. The molecule has 1 atom stereocenters. The van der Waals surface area contributed by atoms with Crippen LogP contribution < -0.4 is 5.32 Å². The maximum Gasteiger partial charge on any atom is 0.238 e. The zero-order chi connectivity index (χ0) is 14.1. The predicted octanol–water partition coefficient (Wildman–Crippen LogP) is 3.89. The van der Waals surface area contributed by atoms with Crippen LogP contribution in [0.5, 0.6) is 0 Å². The van der Waals surface area contributed by atoms with E-state index in [0.717, 1.165) is 19.3 Å². The Labute approximate surface area is 138 Å². The van der Waals surface area contributed by atoms with Gasteiger partial charge in [-0.25, -0.2) is 4.98 Å². The van der Waals surface area contributed by atoms with Gasteiger partial charge in [0.2, 0.25) is 5.91 Å². The molecule has 0 radical (unpaired) electrons. The van der Waals surface area contributed by atoms with E-state index in [9.17, 15) is 4.79 Å². The number of carbonyl (C=O) groups excluding carboxylic acids is 1. The lowest BCUT2D eigenvalue weighted by Crippen LogP contribution is -2.12. The molecule has 3 rings (SSSR count). The maximum atomic E-state index is 12.0. The summed E-state index contributed by atoms with van der Waals surface area (Å²) < 4.78 is 2.00. The number of amides is 1. The molecule has 0 aliphatic carbocycles. The molecule has 20 heavy (non-hydrogen) atoms. The van der Waals surface area contributed by atoms with Crippen molar-refractivity contribution in [3.05, 3.63) is 50.1 Å². The standard InChI is InChI=1S/C14H9BrIN3O/c15-8-5-11-12(14(20)19-13(11)18-6-8)7-17-10-3-1-9(16)2-4-10/h1-7,12H,(H,18,19,20). The Morgan fingerprint density at radius 2 is 2.10 bits per heavy atom. The van der Waals surface area contributed by atoms with Crippen LogP contribution in [0.2, 0.25) is 0 Å². The van der Waals surface area contributed by atoms with Gasteiger partial charge in [-0.2, -0.15) is 0 Å². The predicted molar refractivity (Wildman–Crippen MR) is 90.6 cm³/mol. The number of nitrogens with zero attached hydrogens (tertiary/aromatic N) is 2. The first-order valence-electron chi connectivity index (χ1n) is 5.89. The number of hydrogen-bond donors (Lipinski definition) is 1. The van der Waals surface area contributed by atoms with Crippen molar-refractivity contribution < 1.29 is 4.79 Å². The topological polar surface area (TPSA) is 54.4 Å². The Bertz CT molecular complexity index is 700. The summed E-state index contributed by atoms with van der Waals surface area (Å²) in [4.78, 5) is 20.5. The fourth-order valence-corrected chi connectivity index (χ4v) is 2.68. The molecule has 100 valence electrons. The third-order valence-corrected chi connectivity index (χ3v) is 4.10. The summed E-state index contributed by atoms with van der Waals surface area (Å²) in [6.45, 7) is 0. The molecule has 0 saturated carbocycles. The van der Waals surface area contributed by atoms with E-state index >= 15 is 0 Å². The molecule has 2 aromatic rings. The number of anilines is 1. The summed E-state index contributed by atoms with van der Waals surface area (Å²) in [6, 6.07) is 9.70. The Kier molecular flexibility index (Phi) is 3.84. The third kappa shape index (κ3) is 2.76. The van der Waals surface area contributed by atoms with Crippen LogP contribution in [0.25, 0.3) is 0 Å². The van der Waals surface area contributed by atoms with Crippen molar-refractivity contribution in [3.8, 4) is 0 Å². The second-order valence-corrected chi connectivity index (χ2v) is 6.47. The van der Waals surface area contributed by atoms with E-state index in [1.54, 1.807) is 12.4 Å². The Balaban J connectivity index is 1.90. The number of aromatic nitrogens is 1. The minimum atomic E-state index is -0.394. The smallest absolute Gasteiger partial charge is 0.238 e. The van der Waals surface area contributed by atoms with E-state index in [1.165, 1.54) is 0 Å². The van der Waals surface area contributed by atoms with E-state index in [1.807, 2.05) is 30.3 Å². The fourth-order valence-electron chi connectivity index (χ4n) is 1.97. The molecule has 1 N–H and O–H groups in total. The monoisotopic (exact) mass is 441 g/mol. The van der Waals surface area contributed by atoms with E-state index in [4.69, 9.17) is 0 Å². The molecule has 1 amide bonds. The lowest BCUT2D eigenvalue weighted by molar-refractivity contribution is -0.115. The summed E-state index contributed by atoms with van der Waals surface area (Å²) >= 11 is 5.61. The molecule has 0 bridgehead atoms. The molecular weight excluding hydrogens is 433 g/mol. The highest BCUT2D eigenvalue weighted by Gasteiger charge is 2.30. The fraction of sp³-hybridized carbons (Fsp3) is 0.0714. The van der Waals surface area contributed by atoms with Crippen molar-refractivity contribution in [3.63, 3.8) is 0 Å². The summed E-state index contributed by atoms with van der Waals surface area (Å²) in [5.41, 5.74) is 1.67. The van der Waals surface area contributed by atoms with Crippen LogP contribution in [-0.4, -0.2) is 17.1 Å². The first kappa shape index (κ1) is 13.7. The van der Waals surface area contributed by atoms with Crippen LogP contribution in [-0.2, 0) is 4.79 Å². The highest BCUT2D eigenvalue weighted by atomic mass is 127. The van der Waals surface area contributed by atoms with Gasteiger partial charge in [-0.15, -0.1) is 0 Å². The highest BCUT2D eigenvalue weighted by molar-refractivity contribution is 14.1. The van der Waals surface area contributed by atoms with Gasteiger partial charge in [0, 0.05) is 26.0 Å². The largest absolute Gasteiger partial charge is 0.310 e. The van der Waals surface area contributed by atoms with Gasteiger partial charge in [-0.05, 0) is 68.9 Å². The number of aliphatic imine (C=N–C) groups is 1. The summed E-state index contributed by atoms with van der Waals surface area (Å²) in [7, 11) is 0. The molecule has 1 aromatic heterocycles. The van der Waals surface area contributed by atoms with Crippen molar-refractivity contribution in [1.29, 1.82) is 0 Å². The molecule has 1 aromatic carbocycles. The summed E-state index contributed by atoms with van der Waals surface area (Å²) in [6.07, 6.45) is 3.33. The number of hydrogen-bond acceptors (Lipinski definition) is 3. The molecule has 0 saturated heterocycles. The van der Waals surface area contributed by atoms with Crippen molar-refractivity contribution in [2.45, 2.75) is 5.92 Å². The number of fused-ring (bicyclic) bond motifs is 1. The lowest BCUT2D eigenvalue weighted by Gasteiger charge is -2.02. The molecule has 1 unspecified atom stereocenters. The zero-order valence-electron chi connectivity index (χ0n) is 10.2. The number of benzene rings is 1. The average molecular weight is 442 g/mol. The van der Waals surface area contributed by atoms with Gasteiger partial charge in [0.25, 0.3) is 0 Å². The Hall–Kier alpha value is -1.28. The highest BCUT2D eigenvalue weighted by Crippen LogP contribution is 2.32. The third-order valence-electron chi connectivity index (χ3n) is 2.94. The van der Waals surface area contributed by atoms with Crippen LogP contribution >= 0.6 is 38.5 Å². The second kappa shape index (κ2) is 5.61. The number of carbonyl (C=O) groups is 1. The van der Waals surface area contributed by atoms with Crippen LogP contribution in [0.1, 0.15) is 11.5 Å². The van der Waals surface area contributed by atoms with Gasteiger partial charge in [0.1, 0.15) is 11.7 Å². The quantitative estimate of drug-likeness (QED) is 0.567. The molecular formula is C14H9BrIN3O. The van der Waals surface area contributed by atoms with Gasteiger partial charge >= 0.3 is 0 Å². The molecule has 6 heteroatoms. The van der Waals surface area contributed by atoms with Gasteiger partial charge < -0.3 is 5.32 Å². The van der Waals surface area contributed by atoms with Crippen molar-refractivity contribution in [2.75, 3.05) is 5.32 Å². The summed E-state index contributed by atoms with van der Waals surface area (Å²) in [5, 5.41) is 2.76. The van der Waals surface area contributed by atoms with Crippen molar-refractivity contribution in [2.24, 2.45) is 4.99 Å². The van der Waals surface area contributed by atoms with Gasteiger partial charge in [0.05, 0.1) is 5.69 Å². The van der Waals surface area contributed by atoms with Gasteiger partial charge in [-0.1, -0.05) is 0 Å². The van der Waals surface area contributed by atoms with Gasteiger partial charge in [-0.3, -0.25) is 9.79 Å².